The molecule has 0 fully saturated rings. The van der Waals surface area contributed by atoms with E-state index >= 15 is 0 Å². The monoisotopic (exact) mass is 198 g/mol. The zero-order valence-corrected chi connectivity index (χ0v) is 8.38. The SMILES string of the molecule is CC=CCOc1cc(C)nc(Cl)n1. The number of rotatable bonds is 3. The summed E-state index contributed by atoms with van der Waals surface area (Å²) in [6.45, 7) is 4.28. The van der Waals surface area contributed by atoms with Crippen LogP contribution in [0.15, 0.2) is 18.2 Å². The topological polar surface area (TPSA) is 35.0 Å². The zero-order valence-electron chi connectivity index (χ0n) is 7.62. The second-order valence-electron chi connectivity index (χ2n) is 2.50. The second-order valence-corrected chi connectivity index (χ2v) is 2.83. The molecule has 0 N–H and O–H groups in total. The lowest BCUT2D eigenvalue weighted by Crippen LogP contribution is -1.97. The van der Waals surface area contributed by atoms with E-state index in [0.29, 0.717) is 12.5 Å². The number of halogens is 1. The highest BCUT2D eigenvalue weighted by molar-refractivity contribution is 6.28. The molecule has 4 heteroatoms. The number of allylic oxidation sites excluding steroid dienone is 1. The summed E-state index contributed by atoms with van der Waals surface area (Å²) >= 11 is 5.64. The Hall–Kier alpha value is -1.09. The summed E-state index contributed by atoms with van der Waals surface area (Å²) in [5.74, 6) is 0.510. The minimum atomic E-state index is 0.218. The van der Waals surface area contributed by atoms with Crippen LogP contribution >= 0.6 is 11.6 Å². The van der Waals surface area contributed by atoms with Crippen LogP contribution in [0.1, 0.15) is 12.6 Å². The molecule has 1 aromatic heterocycles. The van der Waals surface area contributed by atoms with Gasteiger partial charge in [-0.25, -0.2) is 4.98 Å². The molecule has 0 saturated carbocycles. The first-order valence-corrected chi connectivity index (χ1v) is 4.35. The zero-order chi connectivity index (χ0) is 9.68. The maximum absolute atomic E-state index is 5.64. The molecule has 1 heterocycles. The minimum Gasteiger partial charge on any atom is -0.473 e. The molecule has 0 amide bonds. The van der Waals surface area contributed by atoms with E-state index in [0.717, 1.165) is 5.69 Å². The minimum absolute atomic E-state index is 0.218. The van der Waals surface area contributed by atoms with Crippen LogP contribution in [-0.4, -0.2) is 16.6 Å². The summed E-state index contributed by atoms with van der Waals surface area (Å²) in [4.78, 5) is 7.82. The van der Waals surface area contributed by atoms with Crippen LogP contribution in [0.3, 0.4) is 0 Å². The van der Waals surface area contributed by atoms with Gasteiger partial charge in [-0.05, 0) is 25.4 Å². The number of ether oxygens (including phenoxy) is 1. The molecule has 0 atom stereocenters. The van der Waals surface area contributed by atoms with Gasteiger partial charge in [-0.15, -0.1) is 0 Å². The Morgan fingerprint density at radius 2 is 2.31 bits per heavy atom. The van der Waals surface area contributed by atoms with E-state index in [4.69, 9.17) is 16.3 Å². The molecule has 0 spiro atoms. The van der Waals surface area contributed by atoms with E-state index in [2.05, 4.69) is 9.97 Å². The predicted octanol–water partition coefficient (Wildman–Crippen LogP) is 2.39. The molecule has 0 bridgehead atoms. The Balaban J connectivity index is 2.66. The van der Waals surface area contributed by atoms with Crippen molar-refractivity contribution in [1.82, 2.24) is 9.97 Å². The molecule has 0 aliphatic rings. The number of aromatic nitrogens is 2. The molecule has 13 heavy (non-hydrogen) atoms. The molecule has 0 aliphatic heterocycles. The standard InChI is InChI=1S/C9H11ClN2O/c1-3-4-5-13-8-6-7(2)11-9(10)12-8/h3-4,6H,5H2,1-2H3. The van der Waals surface area contributed by atoms with Crippen molar-refractivity contribution in [2.45, 2.75) is 13.8 Å². The summed E-state index contributed by atoms with van der Waals surface area (Å²) in [6, 6.07) is 1.75. The average molecular weight is 199 g/mol. The Kier molecular flexibility index (Phi) is 3.71. The molecule has 70 valence electrons. The lowest BCUT2D eigenvalue weighted by molar-refractivity contribution is 0.347. The van der Waals surface area contributed by atoms with Crippen LogP contribution in [0.2, 0.25) is 5.28 Å². The molecule has 0 unspecified atom stereocenters. The van der Waals surface area contributed by atoms with Crippen molar-refractivity contribution in [3.05, 3.63) is 29.2 Å². The van der Waals surface area contributed by atoms with Crippen molar-refractivity contribution < 1.29 is 4.74 Å². The van der Waals surface area contributed by atoms with Gasteiger partial charge in [-0.3, -0.25) is 0 Å². The van der Waals surface area contributed by atoms with E-state index in [1.165, 1.54) is 0 Å². The molecule has 0 radical (unpaired) electrons. The summed E-state index contributed by atoms with van der Waals surface area (Å²) in [6.07, 6.45) is 3.81. The normalized spacial score (nSPS) is 10.7. The van der Waals surface area contributed by atoms with Gasteiger partial charge >= 0.3 is 0 Å². The summed E-state index contributed by atoms with van der Waals surface area (Å²) in [5, 5.41) is 0.218. The highest BCUT2D eigenvalue weighted by Gasteiger charge is 1.98. The van der Waals surface area contributed by atoms with Gasteiger partial charge in [0.15, 0.2) is 0 Å². The molecular weight excluding hydrogens is 188 g/mol. The predicted molar refractivity (Wildman–Crippen MR) is 52.1 cm³/mol. The van der Waals surface area contributed by atoms with Crippen LogP contribution in [0, 0.1) is 6.92 Å². The molecule has 0 aromatic carbocycles. The third kappa shape index (κ3) is 3.42. The summed E-state index contributed by atoms with van der Waals surface area (Å²) in [5.41, 5.74) is 0.801. The lowest BCUT2D eigenvalue weighted by Gasteiger charge is -2.02. The first-order chi connectivity index (χ1) is 6.22. The lowest BCUT2D eigenvalue weighted by atomic mass is 10.4. The van der Waals surface area contributed by atoms with E-state index in [1.54, 1.807) is 6.07 Å². The summed E-state index contributed by atoms with van der Waals surface area (Å²) in [7, 11) is 0. The average Bonchev–Trinajstić information content (AvgIpc) is 2.03. The van der Waals surface area contributed by atoms with Gasteiger partial charge in [0.25, 0.3) is 0 Å². The van der Waals surface area contributed by atoms with Gasteiger partial charge in [0.05, 0.1) is 0 Å². The molecule has 0 aliphatic carbocycles. The van der Waals surface area contributed by atoms with Gasteiger partial charge in [0, 0.05) is 11.8 Å². The van der Waals surface area contributed by atoms with Crippen LogP contribution < -0.4 is 4.74 Å². The number of aryl methyl sites for hydroxylation is 1. The van der Waals surface area contributed by atoms with Crippen LogP contribution in [0.5, 0.6) is 5.88 Å². The van der Waals surface area contributed by atoms with Crippen molar-refractivity contribution in [2.24, 2.45) is 0 Å². The van der Waals surface area contributed by atoms with Crippen molar-refractivity contribution in [3.63, 3.8) is 0 Å². The maximum atomic E-state index is 5.64. The van der Waals surface area contributed by atoms with Crippen LogP contribution in [0.4, 0.5) is 0 Å². The Labute approximate surface area is 82.4 Å². The van der Waals surface area contributed by atoms with Crippen LogP contribution in [0.25, 0.3) is 0 Å². The van der Waals surface area contributed by atoms with Crippen molar-refractivity contribution >= 4 is 11.6 Å². The Morgan fingerprint density at radius 3 is 2.92 bits per heavy atom. The van der Waals surface area contributed by atoms with Crippen molar-refractivity contribution in [3.8, 4) is 5.88 Å². The van der Waals surface area contributed by atoms with Crippen LogP contribution in [-0.2, 0) is 0 Å². The fourth-order valence-electron chi connectivity index (χ4n) is 0.808. The number of hydrogen-bond donors (Lipinski definition) is 0. The van der Waals surface area contributed by atoms with Gasteiger partial charge in [-0.1, -0.05) is 12.2 Å². The van der Waals surface area contributed by atoms with Crippen molar-refractivity contribution in [2.75, 3.05) is 6.61 Å². The first kappa shape index (κ1) is 9.99. The first-order valence-electron chi connectivity index (χ1n) is 3.97. The highest BCUT2D eigenvalue weighted by Crippen LogP contribution is 2.11. The smallest absolute Gasteiger partial charge is 0.225 e. The van der Waals surface area contributed by atoms with E-state index in [-0.39, 0.29) is 5.28 Å². The Bertz CT molecular complexity index is 292. The molecule has 3 nitrogen and oxygen atoms in total. The second kappa shape index (κ2) is 4.82. The van der Waals surface area contributed by atoms with Gasteiger partial charge < -0.3 is 4.74 Å². The van der Waals surface area contributed by atoms with Crippen molar-refractivity contribution in [1.29, 1.82) is 0 Å². The third-order valence-corrected chi connectivity index (χ3v) is 1.54. The fourth-order valence-corrected chi connectivity index (χ4v) is 1.02. The maximum Gasteiger partial charge on any atom is 0.225 e. The number of hydrogen-bond acceptors (Lipinski definition) is 3. The van der Waals surface area contributed by atoms with E-state index in [9.17, 15) is 0 Å². The fraction of sp³-hybridized carbons (Fsp3) is 0.333. The number of nitrogens with zero attached hydrogens (tertiary/aromatic N) is 2. The molecule has 0 saturated heterocycles. The quantitative estimate of drug-likeness (QED) is 0.553. The summed E-state index contributed by atoms with van der Waals surface area (Å²) < 4.78 is 5.29. The molecule has 1 aromatic rings. The molecule has 1 rings (SSSR count). The van der Waals surface area contributed by atoms with E-state index < -0.39 is 0 Å². The Morgan fingerprint density at radius 1 is 1.54 bits per heavy atom. The van der Waals surface area contributed by atoms with E-state index in [1.807, 2.05) is 26.0 Å². The highest BCUT2D eigenvalue weighted by atomic mass is 35.5. The third-order valence-electron chi connectivity index (χ3n) is 1.37. The largest absolute Gasteiger partial charge is 0.473 e. The van der Waals surface area contributed by atoms with Gasteiger partial charge in [0.1, 0.15) is 6.61 Å². The van der Waals surface area contributed by atoms with Gasteiger partial charge in [-0.2, -0.15) is 4.98 Å². The van der Waals surface area contributed by atoms with Gasteiger partial charge in [0.2, 0.25) is 11.2 Å². The molecular formula is C9H11ClN2O.